The molecule has 1 amide bonds. The van der Waals surface area contributed by atoms with Crippen LogP contribution in [0.5, 0.6) is 0 Å². The Labute approximate surface area is 229 Å². The van der Waals surface area contributed by atoms with E-state index >= 15 is 0 Å². The van der Waals surface area contributed by atoms with E-state index in [0.717, 1.165) is 22.3 Å². The third kappa shape index (κ3) is 6.07. The number of aliphatic hydroxyl groups excluding tert-OH is 1. The lowest BCUT2D eigenvalue weighted by atomic mass is 9.91. The third-order valence-electron chi connectivity index (χ3n) is 6.31. The lowest BCUT2D eigenvalue weighted by molar-refractivity contribution is -0.117. The zero-order valence-corrected chi connectivity index (χ0v) is 23.3. The number of halogens is 2. The Kier molecular flexibility index (Phi) is 9.91. The van der Waals surface area contributed by atoms with Gasteiger partial charge in [-0.1, -0.05) is 80.4 Å². The molecule has 0 saturated carbocycles. The second-order valence-electron chi connectivity index (χ2n) is 8.75. The van der Waals surface area contributed by atoms with Crippen LogP contribution in [0.1, 0.15) is 73.3 Å². The zero-order chi connectivity index (χ0) is 27.2. The van der Waals surface area contributed by atoms with Gasteiger partial charge in [-0.25, -0.2) is 0 Å². The average molecular weight is 542 g/mol. The highest BCUT2D eigenvalue weighted by molar-refractivity contribution is 6.30. The maximum absolute atomic E-state index is 13.9. The molecule has 0 saturated heterocycles. The summed E-state index contributed by atoms with van der Waals surface area (Å²) in [5.74, 6) is -0.175. The molecular weight excluding hydrogens is 507 g/mol. The molecule has 0 bridgehead atoms. The number of ether oxygens (including phenoxy) is 1. The van der Waals surface area contributed by atoms with Gasteiger partial charge >= 0.3 is 0 Å². The number of benzene rings is 2. The molecule has 0 fully saturated rings. The van der Waals surface area contributed by atoms with Crippen LogP contribution in [0.25, 0.3) is 5.57 Å². The fourth-order valence-electron chi connectivity index (χ4n) is 4.33. The Balaban J connectivity index is 0.00000186. The number of carbonyl (C=O) groups is 1. The van der Waals surface area contributed by atoms with Crippen molar-refractivity contribution in [3.8, 4) is 0 Å². The predicted octanol–water partition coefficient (Wildman–Crippen LogP) is 7.48. The van der Waals surface area contributed by atoms with Gasteiger partial charge in [0.15, 0.2) is 5.72 Å². The number of fused-ring (bicyclic) bond motifs is 1. The van der Waals surface area contributed by atoms with Crippen LogP contribution in [0.3, 0.4) is 0 Å². The van der Waals surface area contributed by atoms with E-state index in [-0.39, 0.29) is 19.1 Å². The van der Waals surface area contributed by atoms with Gasteiger partial charge in [0.2, 0.25) is 0 Å². The van der Waals surface area contributed by atoms with E-state index < -0.39 is 11.8 Å². The van der Waals surface area contributed by atoms with E-state index in [1.54, 1.807) is 35.4 Å². The average Bonchev–Trinajstić information content (AvgIpc) is 3.14. The molecule has 1 aliphatic heterocycles. The topological polar surface area (TPSA) is 62.7 Å². The van der Waals surface area contributed by atoms with Crippen LogP contribution in [0.2, 0.25) is 10.0 Å². The predicted molar refractivity (Wildman–Crippen MR) is 151 cm³/mol. The minimum absolute atomic E-state index is 0.175. The molecule has 196 valence electrons. The number of carbonyl (C=O) groups excluding carboxylic acids is 1. The first-order valence-electron chi connectivity index (χ1n) is 12.6. The van der Waals surface area contributed by atoms with Crippen LogP contribution in [0.4, 0.5) is 0 Å². The number of hydrogen-bond donors (Lipinski definition) is 1. The Morgan fingerprint density at radius 3 is 2.38 bits per heavy atom. The molecule has 4 rings (SSSR count). The highest BCUT2D eigenvalue weighted by Gasteiger charge is 2.52. The van der Waals surface area contributed by atoms with Gasteiger partial charge in [0.25, 0.3) is 5.91 Å². The Bertz CT molecular complexity index is 1230. The zero-order valence-electron chi connectivity index (χ0n) is 21.8. The summed E-state index contributed by atoms with van der Waals surface area (Å²) in [4.78, 5) is 20.1. The van der Waals surface area contributed by atoms with Crippen molar-refractivity contribution < 1.29 is 14.6 Å². The van der Waals surface area contributed by atoms with E-state index in [2.05, 4.69) is 11.6 Å². The van der Waals surface area contributed by atoms with Crippen molar-refractivity contribution in [1.29, 1.82) is 0 Å². The molecule has 2 heterocycles. The maximum atomic E-state index is 13.9. The maximum Gasteiger partial charge on any atom is 0.257 e. The van der Waals surface area contributed by atoms with Crippen LogP contribution >= 0.6 is 23.2 Å². The van der Waals surface area contributed by atoms with Crippen molar-refractivity contribution in [2.45, 2.75) is 58.9 Å². The molecule has 1 aromatic heterocycles. The van der Waals surface area contributed by atoms with Gasteiger partial charge in [0.1, 0.15) is 0 Å². The Morgan fingerprint density at radius 2 is 1.78 bits per heavy atom. The summed E-state index contributed by atoms with van der Waals surface area (Å²) in [5, 5.41) is 11.3. The molecule has 37 heavy (non-hydrogen) atoms. The second kappa shape index (κ2) is 12.7. The van der Waals surface area contributed by atoms with Crippen LogP contribution in [0.15, 0.2) is 67.4 Å². The number of aromatic nitrogens is 1. The van der Waals surface area contributed by atoms with Gasteiger partial charge in [-0.15, -0.1) is 0 Å². The smallest absolute Gasteiger partial charge is 0.257 e. The molecule has 2 unspecified atom stereocenters. The monoisotopic (exact) mass is 540 g/mol. The molecule has 3 aromatic rings. The third-order valence-corrected chi connectivity index (χ3v) is 6.79. The molecule has 5 nitrogen and oxygen atoms in total. The normalized spacial score (nSPS) is 17.2. The Hall–Kier alpha value is -2.70. The van der Waals surface area contributed by atoms with Gasteiger partial charge in [-0.05, 0) is 55.7 Å². The van der Waals surface area contributed by atoms with Gasteiger partial charge in [-0.2, -0.15) is 0 Å². The van der Waals surface area contributed by atoms with Gasteiger partial charge < -0.3 is 9.84 Å². The summed E-state index contributed by atoms with van der Waals surface area (Å²) >= 11 is 12.3. The number of pyridine rings is 1. The molecule has 0 radical (unpaired) electrons. The van der Waals surface area contributed by atoms with Crippen molar-refractivity contribution in [3.63, 3.8) is 0 Å². The number of amides is 1. The van der Waals surface area contributed by atoms with Crippen LogP contribution in [-0.2, 0) is 17.0 Å². The van der Waals surface area contributed by atoms with Gasteiger partial charge in [0.05, 0.1) is 30.0 Å². The van der Waals surface area contributed by atoms with E-state index in [1.807, 2.05) is 58.0 Å². The van der Waals surface area contributed by atoms with E-state index in [4.69, 9.17) is 27.9 Å². The number of hydrogen-bond acceptors (Lipinski definition) is 4. The summed E-state index contributed by atoms with van der Waals surface area (Å²) in [6.07, 6.45) is 2.12. The molecule has 0 aliphatic carbocycles. The fourth-order valence-corrected chi connectivity index (χ4v) is 4.57. The lowest BCUT2D eigenvalue weighted by Crippen LogP contribution is -2.47. The molecule has 7 heteroatoms. The van der Waals surface area contributed by atoms with Gasteiger partial charge in [-0.3, -0.25) is 14.7 Å². The number of rotatable bonds is 9. The minimum Gasteiger partial charge on any atom is -0.393 e. The standard InChI is InChI=1S/C28H28Cl2N2O3.C2H6/c1-4-24(33)13-14-35-28(20-6-8-21(29)9-7-20)26-12-5-19(18(2)3)15-25(26)27(34)32(28)17-23-11-10-22(30)16-31-23;1-2/h5-12,15-16,24,33H,2,4,13-14,17H2,1,3H3;1-2H3. The number of aliphatic hydroxyl groups is 1. The van der Waals surface area contributed by atoms with Crippen LogP contribution in [0, 0.1) is 0 Å². The van der Waals surface area contributed by atoms with E-state index in [1.165, 1.54) is 0 Å². The highest BCUT2D eigenvalue weighted by Crippen LogP contribution is 2.47. The molecule has 1 aliphatic rings. The van der Waals surface area contributed by atoms with Crippen molar-refractivity contribution >= 4 is 34.7 Å². The Morgan fingerprint density at radius 1 is 1.11 bits per heavy atom. The van der Waals surface area contributed by atoms with Crippen LogP contribution in [-0.4, -0.2) is 33.6 Å². The van der Waals surface area contributed by atoms with Crippen LogP contribution < -0.4 is 0 Å². The lowest BCUT2D eigenvalue weighted by Gasteiger charge is -2.39. The van der Waals surface area contributed by atoms with E-state index in [9.17, 15) is 9.90 Å². The SMILES string of the molecule is C=C(C)c1ccc2c(c1)C(=O)N(Cc1ccc(Cl)cn1)C2(OCCC(O)CC)c1ccc(Cl)cc1.CC. The van der Waals surface area contributed by atoms with Crippen molar-refractivity contribution in [2.75, 3.05) is 6.61 Å². The fraction of sp³-hybridized carbons (Fsp3) is 0.333. The summed E-state index contributed by atoms with van der Waals surface area (Å²) < 4.78 is 6.62. The summed E-state index contributed by atoms with van der Waals surface area (Å²) in [5.41, 5.74) is 3.24. The first-order chi connectivity index (χ1) is 17.8. The first-order valence-corrected chi connectivity index (χ1v) is 13.3. The first kappa shape index (κ1) is 28.9. The molecule has 1 N–H and O–H groups in total. The van der Waals surface area contributed by atoms with Crippen molar-refractivity contribution in [3.05, 3.63) is 105 Å². The summed E-state index contributed by atoms with van der Waals surface area (Å²) in [6.45, 7) is 12.3. The number of nitrogens with zero attached hydrogens (tertiary/aromatic N) is 2. The number of allylic oxidation sites excluding steroid dienone is 1. The summed E-state index contributed by atoms with van der Waals surface area (Å²) in [7, 11) is 0. The van der Waals surface area contributed by atoms with Crippen molar-refractivity contribution in [1.82, 2.24) is 9.88 Å². The minimum atomic E-state index is -1.22. The van der Waals surface area contributed by atoms with Crippen molar-refractivity contribution in [2.24, 2.45) is 0 Å². The van der Waals surface area contributed by atoms with E-state index in [0.29, 0.717) is 34.1 Å². The molecular formula is C30H34Cl2N2O3. The molecule has 0 spiro atoms. The molecule has 2 aromatic carbocycles. The highest BCUT2D eigenvalue weighted by atomic mass is 35.5. The van der Waals surface area contributed by atoms with Gasteiger partial charge in [0, 0.05) is 27.9 Å². The molecule has 2 atom stereocenters. The quantitative estimate of drug-likeness (QED) is 0.305. The largest absolute Gasteiger partial charge is 0.393 e. The second-order valence-corrected chi connectivity index (χ2v) is 9.62. The summed E-state index contributed by atoms with van der Waals surface area (Å²) in [6, 6.07) is 16.6.